The van der Waals surface area contributed by atoms with Crippen molar-refractivity contribution in [2.45, 2.75) is 31.8 Å². The van der Waals surface area contributed by atoms with Gasteiger partial charge in [-0.3, -0.25) is 10.1 Å². The van der Waals surface area contributed by atoms with Gasteiger partial charge in [0.1, 0.15) is 12.4 Å². The summed E-state index contributed by atoms with van der Waals surface area (Å²) in [6, 6.07) is 11.7. The molecule has 0 radical (unpaired) electrons. The Hall–Kier alpha value is -4.28. The van der Waals surface area contributed by atoms with Gasteiger partial charge in [-0.15, -0.1) is 0 Å². The van der Waals surface area contributed by atoms with Gasteiger partial charge in [0.2, 0.25) is 0 Å². The van der Waals surface area contributed by atoms with Crippen LogP contribution in [0.15, 0.2) is 54.7 Å². The van der Waals surface area contributed by atoms with Crippen LogP contribution in [0.4, 0.5) is 24.2 Å². The number of ether oxygens (including phenoxy) is 2. The Morgan fingerprint density at radius 1 is 1.08 bits per heavy atom. The first-order chi connectivity index (χ1) is 17.8. The van der Waals surface area contributed by atoms with Crippen LogP contribution in [0.3, 0.4) is 0 Å². The lowest BCUT2D eigenvalue weighted by molar-refractivity contribution is -0.140. The number of urea groups is 1. The molecule has 1 unspecified atom stereocenters. The van der Waals surface area contributed by atoms with E-state index < -0.39 is 35.8 Å². The number of nitrogens with one attached hydrogen (secondary N) is 2. The molecule has 0 aliphatic rings. The predicted octanol–water partition coefficient (Wildman–Crippen LogP) is 4.62. The molecule has 0 saturated heterocycles. The molecule has 11 heteroatoms. The van der Waals surface area contributed by atoms with Crippen LogP contribution in [0, 0.1) is 11.6 Å². The monoisotopic (exact) mass is 514 g/mol. The van der Waals surface area contributed by atoms with Crippen molar-refractivity contribution in [3.8, 4) is 0 Å². The third-order valence-corrected chi connectivity index (χ3v) is 5.74. The van der Waals surface area contributed by atoms with Crippen LogP contribution in [0.2, 0.25) is 0 Å². The lowest BCUT2D eigenvalue weighted by atomic mass is 10.1. The largest absolute Gasteiger partial charge is 0.469 e. The Morgan fingerprint density at radius 2 is 1.84 bits per heavy atom. The zero-order valence-electron chi connectivity index (χ0n) is 20.5. The zero-order chi connectivity index (χ0) is 26.8. The molecule has 3 amide bonds. The van der Waals surface area contributed by atoms with Crippen molar-refractivity contribution in [1.29, 1.82) is 0 Å². The molecule has 9 nitrogen and oxygen atoms in total. The predicted molar refractivity (Wildman–Crippen MR) is 133 cm³/mol. The number of carbonyl (C=O) groups excluding carboxylic acids is 3. The minimum atomic E-state index is -1.04. The summed E-state index contributed by atoms with van der Waals surface area (Å²) in [6.07, 6.45) is 1.65. The van der Waals surface area contributed by atoms with Gasteiger partial charge in [0.05, 0.1) is 13.2 Å². The summed E-state index contributed by atoms with van der Waals surface area (Å²) in [6.45, 7) is -0.421. The smallest absolute Gasteiger partial charge is 0.412 e. The molecule has 1 heterocycles. The highest BCUT2D eigenvalue weighted by Gasteiger charge is 2.23. The first-order valence-electron chi connectivity index (χ1n) is 11.6. The fraction of sp³-hybridized carbons (Fsp3) is 0.308. The SMILES string of the molecule is COC(=O)CCCC(COC(=O)Nc1cc2ccccc2cn1)N(C)C(=O)NCc1cccc(F)c1F. The highest BCUT2D eigenvalue weighted by Crippen LogP contribution is 2.17. The molecule has 0 aliphatic heterocycles. The Labute approximate surface area is 212 Å². The summed E-state index contributed by atoms with van der Waals surface area (Å²) in [7, 11) is 2.76. The van der Waals surface area contributed by atoms with Crippen LogP contribution < -0.4 is 10.6 Å². The van der Waals surface area contributed by atoms with Crippen LogP contribution in [-0.4, -0.2) is 54.8 Å². The molecule has 1 atom stereocenters. The average molecular weight is 515 g/mol. The fourth-order valence-corrected chi connectivity index (χ4v) is 3.58. The van der Waals surface area contributed by atoms with Gasteiger partial charge in [-0.2, -0.15) is 0 Å². The highest BCUT2D eigenvalue weighted by molar-refractivity contribution is 5.89. The molecule has 0 fully saturated rings. The number of rotatable bonds is 10. The normalized spacial score (nSPS) is 11.5. The molecule has 3 aromatic rings. The number of anilines is 1. The minimum absolute atomic E-state index is 0.0116. The molecule has 1 aromatic heterocycles. The standard InChI is InChI=1S/C26H28F2N4O5/c1-32(25(34)30-15-19-9-5-11-21(27)24(19)28)20(10-6-12-23(33)36-2)16-37-26(35)31-22-13-17-7-3-4-8-18(17)14-29-22/h3-5,7-9,11,13-14,20H,6,10,12,15-16H2,1-2H3,(H,30,34)(H,29,31,35). The number of benzene rings is 2. The number of hydrogen-bond acceptors (Lipinski definition) is 6. The fourth-order valence-electron chi connectivity index (χ4n) is 3.58. The van der Waals surface area contributed by atoms with E-state index in [-0.39, 0.29) is 25.1 Å². The third-order valence-electron chi connectivity index (χ3n) is 5.74. The number of amides is 3. The van der Waals surface area contributed by atoms with E-state index in [0.29, 0.717) is 18.7 Å². The van der Waals surface area contributed by atoms with Crippen molar-refractivity contribution in [1.82, 2.24) is 15.2 Å². The van der Waals surface area contributed by atoms with Crippen molar-refractivity contribution < 1.29 is 32.6 Å². The summed E-state index contributed by atoms with van der Waals surface area (Å²) in [5.41, 5.74) is -0.0116. The average Bonchev–Trinajstić information content (AvgIpc) is 2.90. The maximum atomic E-state index is 13.9. The third kappa shape index (κ3) is 7.86. The lowest BCUT2D eigenvalue weighted by Crippen LogP contribution is -2.46. The Morgan fingerprint density at radius 3 is 2.59 bits per heavy atom. The van der Waals surface area contributed by atoms with Crippen LogP contribution in [-0.2, 0) is 20.8 Å². The molecule has 0 bridgehead atoms. The van der Waals surface area contributed by atoms with Crippen molar-refractivity contribution in [3.05, 3.63) is 71.9 Å². The van der Waals surface area contributed by atoms with Gasteiger partial charge in [-0.05, 0) is 30.4 Å². The molecule has 0 aliphatic carbocycles. The van der Waals surface area contributed by atoms with E-state index in [1.165, 1.54) is 31.2 Å². The minimum Gasteiger partial charge on any atom is -0.469 e. The molecule has 37 heavy (non-hydrogen) atoms. The van der Waals surface area contributed by atoms with E-state index in [2.05, 4.69) is 20.4 Å². The molecule has 2 N–H and O–H groups in total. The number of fused-ring (bicyclic) bond motifs is 1. The molecule has 2 aromatic carbocycles. The molecule has 196 valence electrons. The van der Waals surface area contributed by atoms with E-state index in [0.717, 1.165) is 16.8 Å². The van der Waals surface area contributed by atoms with Gasteiger partial charge in [-0.1, -0.05) is 36.4 Å². The molecular formula is C26H28F2N4O5. The van der Waals surface area contributed by atoms with Crippen LogP contribution in [0.25, 0.3) is 10.8 Å². The summed E-state index contributed by atoms with van der Waals surface area (Å²) >= 11 is 0. The second-order valence-electron chi connectivity index (χ2n) is 8.24. The van der Waals surface area contributed by atoms with Crippen molar-refractivity contribution in [3.63, 3.8) is 0 Å². The number of nitrogens with zero attached hydrogens (tertiary/aromatic N) is 2. The molecular weight excluding hydrogens is 486 g/mol. The number of halogens is 2. The zero-order valence-corrected chi connectivity index (χ0v) is 20.5. The van der Waals surface area contributed by atoms with Crippen molar-refractivity contribution in [2.75, 3.05) is 26.1 Å². The number of likely N-dealkylation sites (N-methyl/N-ethyl adjacent to an activating group) is 1. The van der Waals surface area contributed by atoms with Gasteiger partial charge in [0.15, 0.2) is 11.6 Å². The number of methoxy groups -OCH3 is 1. The maximum absolute atomic E-state index is 13.9. The topological polar surface area (TPSA) is 110 Å². The molecule has 0 spiro atoms. The number of pyridine rings is 1. The van der Waals surface area contributed by atoms with E-state index in [1.807, 2.05) is 24.3 Å². The first kappa shape index (κ1) is 27.3. The maximum Gasteiger partial charge on any atom is 0.412 e. The summed E-state index contributed by atoms with van der Waals surface area (Å²) in [5, 5.41) is 6.88. The first-order valence-corrected chi connectivity index (χ1v) is 11.6. The summed E-state index contributed by atoms with van der Waals surface area (Å²) < 4.78 is 37.3. The molecule has 0 saturated carbocycles. The van der Waals surface area contributed by atoms with E-state index in [9.17, 15) is 23.2 Å². The number of carbonyl (C=O) groups is 3. The highest BCUT2D eigenvalue weighted by atomic mass is 19.2. The molecule has 3 rings (SSSR count). The van der Waals surface area contributed by atoms with Gasteiger partial charge in [-0.25, -0.2) is 23.4 Å². The van der Waals surface area contributed by atoms with Crippen molar-refractivity contribution in [2.24, 2.45) is 0 Å². The van der Waals surface area contributed by atoms with E-state index in [1.54, 1.807) is 12.3 Å². The van der Waals surface area contributed by atoms with Gasteiger partial charge >= 0.3 is 18.1 Å². The number of aromatic nitrogens is 1. The van der Waals surface area contributed by atoms with E-state index in [4.69, 9.17) is 4.74 Å². The van der Waals surface area contributed by atoms with Crippen LogP contribution >= 0.6 is 0 Å². The van der Waals surface area contributed by atoms with Gasteiger partial charge in [0.25, 0.3) is 0 Å². The quantitative estimate of drug-likeness (QED) is 0.382. The van der Waals surface area contributed by atoms with Gasteiger partial charge in [0, 0.05) is 37.2 Å². The second kappa shape index (κ2) is 13.1. The summed E-state index contributed by atoms with van der Waals surface area (Å²) in [4.78, 5) is 42.1. The number of esters is 1. The second-order valence-corrected chi connectivity index (χ2v) is 8.24. The summed E-state index contributed by atoms with van der Waals surface area (Å²) in [5.74, 6) is -2.16. The Balaban J connectivity index is 1.60. The Kier molecular flexibility index (Phi) is 9.70. The lowest BCUT2D eigenvalue weighted by Gasteiger charge is -2.28. The van der Waals surface area contributed by atoms with E-state index >= 15 is 0 Å². The van der Waals surface area contributed by atoms with Crippen molar-refractivity contribution >= 4 is 34.7 Å². The van der Waals surface area contributed by atoms with Gasteiger partial charge < -0.3 is 19.7 Å². The number of hydrogen-bond donors (Lipinski definition) is 2. The Bertz CT molecular complexity index is 1260. The van der Waals surface area contributed by atoms with Crippen LogP contribution in [0.1, 0.15) is 24.8 Å². The van der Waals surface area contributed by atoms with Crippen LogP contribution in [0.5, 0.6) is 0 Å².